The summed E-state index contributed by atoms with van der Waals surface area (Å²) in [4.78, 5) is 3.95. The van der Waals surface area contributed by atoms with Crippen LogP contribution < -0.4 is 10.1 Å². The predicted octanol–water partition coefficient (Wildman–Crippen LogP) is 3.90. The first-order valence-corrected chi connectivity index (χ1v) is 9.31. The zero-order valence-electron chi connectivity index (χ0n) is 12.7. The van der Waals surface area contributed by atoms with E-state index in [1.54, 1.807) is 0 Å². The van der Waals surface area contributed by atoms with Gasteiger partial charge in [0.25, 0.3) is 0 Å². The molecule has 0 aliphatic carbocycles. The Hall–Kier alpha value is -0.880. The van der Waals surface area contributed by atoms with E-state index in [1.165, 1.54) is 14.2 Å². The molecule has 0 bridgehead atoms. The molecule has 1 unspecified atom stereocenters. The highest BCUT2D eigenvalue weighted by atomic mass is 79.9. The summed E-state index contributed by atoms with van der Waals surface area (Å²) in [5.74, 6) is 0.942. The van der Waals surface area contributed by atoms with Crippen molar-refractivity contribution >= 4 is 27.3 Å². The van der Waals surface area contributed by atoms with E-state index in [-0.39, 0.29) is 0 Å². The van der Waals surface area contributed by atoms with Crippen molar-refractivity contribution in [3.63, 3.8) is 0 Å². The number of nitrogens with one attached hydrogen (secondary N) is 1. The number of ether oxygens (including phenoxy) is 1. The lowest BCUT2D eigenvalue weighted by atomic mass is 10.0. The second kappa shape index (κ2) is 7.59. The van der Waals surface area contributed by atoms with Gasteiger partial charge in [0.05, 0.1) is 16.4 Å². The van der Waals surface area contributed by atoms with Crippen LogP contribution in [0.3, 0.4) is 0 Å². The third-order valence-corrected chi connectivity index (χ3v) is 5.56. The van der Waals surface area contributed by atoms with Crippen LogP contribution in [0.2, 0.25) is 0 Å². The van der Waals surface area contributed by atoms with E-state index in [4.69, 9.17) is 4.74 Å². The third-order valence-electron chi connectivity index (χ3n) is 3.89. The summed E-state index contributed by atoms with van der Waals surface area (Å²) < 4.78 is 6.76. The molecule has 0 saturated carbocycles. The van der Waals surface area contributed by atoms with E-state index in [0.717, 1.165) is 31.9 Å². The number of nitrogens with zero attached hydrogens (tertiary/aromatic N) is 1. The topological polar surface area (TPSA) is 24.5 Å². The second-order valence-corrected chi connectivity index (χ2v) is 7.83. The molecule has 1 aromatic heterocycles. The monoisotopic (exact) mass is 380 g/mol. The minimum absolute atomic E-state index is 0.328. The predicted molar refractivity (Wildman–Crippen MR) is 95.9 cm³/mol. The lowest BCUT2D eigenvalue weighted by Gasteiger charge is -2.34. The number of rotatable bonds is 5. The van der Waals surface area contributed by atoms with Crippen LogP contribution in [0.1, 0.15) is 23.4 Å². The van der Waals surface area contributed by atoms with Crippen molar-refractivity contribution in [3.8, 4) is 5.75 Å². The molecule has 1 aliphatic heterocycles. The van der Waals surface area contributed by atoms with E-state index in [9.17, 15) is 0 Å². The van der Waals surface area contributed by atoms with E-state index in [2.05, 4.69) is 62.5 Å². The molecule has 5 heteroatoms. The SMILES string of the molecule is CCOc1ccc(C(c2ccc(Br)s2)N2CCNCC2)cc1. The van der Waals surface area contributed by atoms with E-state index >= 15 is 0 Å². The van der Waals surface area contributed by atoms with Gasteiger partial charge in [-0.2, -0.15) is 0 Å². The van der Waals surface area contributed by atoms with Crippen molar-refractivity contribution in [2.45, 2.75) is 13.0 Å². The van der Waals surface area contributed by atoms with Gasteiger partial charge in [-0.25, -0.2) is 0 Å². The maximum Gasteiger partial charge on any atom is 0.119 e. The number of thiophene rings is 1. The number of hydrogen-bond donors (Lipinski definition) is 1. The fourth-order valence-electron chi connectivity index (χ4n) is 2.88. The maximum absolute atomic E-state index is 5.57. The highest BCUT2D eigenvalue weighted by Crippen LogP contribution is 2.36. The Morgan fingerprint density at radius 3 is 2.50 bits per heavy atom. The molecule has 0 radical (unpaired) electrons. The molecular weight excluding hydrogens is 360 g/mol. The number of halogens is 1. The summed E-state index contributed by atoms with van der Waals surface area (Å²) in [5, 5.41) is 3.44. The Kier molecular flexibility index (Phi) is 5.52. The van der Waals surface area contributed by atoms with Crippen LogP contribution in [0.25, 0.3) is 0 Å². The minimum atomic E-state index is 0.328. The van der Waals surface area contributed by atoms with Gasteiger partial charge in [0, 0.05) is 31.1 Å². The van der Waals surface area contributed by atoms with E-state index in [1.807, 2.05) is 18.3 Å². The average Bonchev–Trinajstić information content (AvgIpc) is 2.97. The Morgan fingerprint density at radius 1 is 1.18 bits per heavy atom. The zero-order valence-corrected chi connectivity index (χ0v) is 15.1. The summed E-state index contributed by atoms with van der Waals surface area (Å²) in [6, 6.07) is 13.3. The van der Waals surface area contributed by atoms with E-state index in [0.29, 0.717) is 12.6 Å². The molecule has 0 amide bonds. The van der Waals surface area contributed by atoms with Crippen molar-refractivity contribution in [1.82, 2.24) is 10.2 Å². The number of piperazine rings is 1. The van der Waals surface area contributed by atoms with Crippen molar-refractivity contribution in [2.75, 3.05) is 32.8 Å². The van der Waals surface area contributed by atoms with Gasteiger partial charge < -0.3 is 10.1 Å². The highest BCUT2D eigenvalue weighted by Gasteiger charge is 2.25. The van der Waals surface area contributed by atoms with Gasteiger partial charge in [0.2, 0.25) is 0 Å². The first-order chi connectivity index (χ1) is 10.8. The van der Waals surface area contributed by atoms with Crippen molar-refractivity contribution < 1.29 is 4.74 Å². The molecule has 1 aliphatic rings. The molecule has 1 N–H and O–H groups in total. The molecule has 3 rings (SSSR count). The average molecular weight is 381 g/mol. The quantitative estimate of drug-likeness (QED) is 0.850. The van der Waals surface area contributed by atoms with Crippen LogP contribution in [-0.2, 0) is 0 Å². The third kappa shape index (κ3) is 3.71. The number of benzene rings is 1. The lowest BCUT2D eigenvalue weighted by Crippen LogP contribution is -2.45. The highest BCUT2D eigenvalue weighted by molar-refractivity contribution is 9.11. The van der Waals surface area contributed by atoms with Crippen LogP contribution >= 0.6 is 27.3 Å². The summed E-state index contributed by atoms with van der Waals surface area (Å²) >= 11 is 5.42. The first kappa shape index (κ1) is 16.0. The summed E-state index contributed by atoms with van der Waals surface area (Å²) in [6.45, 7) is 6.99. The van der Waals surface area contributed by atoms with E-state index < -0.39 is 0 Å². The molecule has 118 valence electrons. The second-order valence-electron chi connectivity index (χ2n) is 5.33. The molecule has 1 fully saturated rings. The van der Waals surface area contributed by atoms with Gasteiger partial charge in [0.15, 0.2) is 0 Å². The van der Waals surface area contributed by atoms with Gasteiger partial charge >= 0.3 is 0 Å². The van der Waals surface area contributed by atoms with Gasteiger partial charge in [-0.15, -0.1) is 11.3 Å². The van der Waals surface area contributed by atoms with Crippen molar-refractivity contribution in [3.05, 3.63) is 50.6 Å². The van der Waals surface area contributed by atoms with Crippen LogP contribution in [0.5, 0.6) is 5.75 Å². The van der Waals surface area contributed by atoms with Crippen LogP contribution in [-0.4, -0.2) is 37.7 Å². The standard InChI is InChI=1S/C17H21BrN2OS/c1-2-21-14-5-3-13(4-6-14)17(15-7-8-16(18)22-15)20-11-9-19-10-12-20/h3-8,17,19H,2,9-12H2,1H3. The summed E-state index contributed by atoms with van der Waals surface area (Å²) in [5.41, 5.74) is 1.33. The zero-order chi connectivity index (χ0) is 15.4. The minimum Gasteiger partial charge on any atom is -0.494 e. The smallest absolute Gasteiger partial charge is 0.119 e. The normalized spacial score (nSPS) is 17.4. The van der Waals surface area contributed by atoms with Gasteiger partial charge in [0.1, 0.15) is 5.75 Å². The van der Waals surface area contributed by atoms with Crippen molar-refractivity contribution in [2.24, 2.45) is 0 Å². The Balaban J connectivity index is 1.90. The number of hydrogen-bond acceptors (Lipinski definition) is 4. The van der Waals surface area contributed by atoms with Crippen LogP contribution in [0.4, 0.5) is 0 Å². The molecule has 1 aromatic carbocycles. The van der Waals surface area contributed by atoms with Crippen LogP contribution in [0.15, 0.2) is 40.2 Å². The summed E-state index contributed by atoms with van der Waals surface area (Å²) in [7, 11) is 0. The molecule has 22 heavy (non-hydrogen) atoms. The molecule has 2 aromatic rings. The van der Waals surface area contributed by atoms with Crippen molar-refractivity contribution in [1.29, 1.82) is 0 Å². The maximum atomic E-state index is 5.57. The molecule has 1 saturated heterocycles. The van der Waals surface area contributed by atoms with Gasteiger partial charge in [-0.05, 0) is 52.7 Å². The van der Waals surface area contributed by atoms with Crippen LogP contribution in [0, 0.1) is 0 Å². The first-order valence-electron chi connectivity index (χ1n) is 7.70. The fourth-order valence-corrected chi connectivity index (χ4v) is 4.47. The Morgan fingerprint density at radius 2 is 1.91 bits per heavy atom. The Bertz CT molecular complexity index is 593. The largest absolute Gasteiger partial charge is 0.494 e. The molecule has 0 spiro atoms. The van der Waals surface area contributed by atoms with Gasteiger partial charge in [-0.3, -0.25) is 4.90 Å². The molecule has 2 heterocycles. The molecule has 3 nitrogen and oxygen atoms in total. The lowest BCUT2D eigenvalue weighted by molar-refractivity contribution is 0.200. The molecule has 1 atom stereocenters. The summed E-state index contributed by atoms with van der Waals surface area (Å²) in [6.07, 6.45) is 0. The fraction of sp³-hybridized carbons (Fsp3) is 0.412. The molecular formula is C17H21BrN2OS. The Labute approximate surface area is 144 Å². The van der Waals surface area contributed by atoms with Gasteiger partial charge in [-0.1, -0.05) is 12.1 Å².